The molecule has 0 radical (unpaired) electrons. The summed E-state index contributed by atoms with van der Waals surface area (Å²) in [4.78, 5) is 35.8. The van der Waals surface area contributed by atoms with E-state index in [0.717, 1.165) is 6.20 Å². The van der Waals surface area contributed by atoms with E-state index in [1.165, 1.54) is 23.6 Å². The number of carboxylic acid groups (broad SMARTS) is 1. The number of rotatable bonds is 3. The molecule has 0 saturated heterocycles. The summed E-state index contributed by atoms with van der Waals surface area (Å²) < 4.78 is 1.28. The van der Waals surface area contributed by atoms with E-state index in [1.54, 1.807) is 13.8 Å². The van der Waals surface area contributed by atoms with E-state index in [4.69, 9.17) is 5.11 Å². The van der Waals surface area contributed by atoms with Gasteiger partial charge in [-0.2, -0.15) is 0 Å². The minimum atomic E-state index is -1.45. The van der Waals surface area contributed by atoms with Crippen LogP contribution in [-0.2, 0) is 0 Å². The monoisotopic (exact) mass is 268 g/mol. The second kappa shape index (κ2) is 5.13. The lowest BCUT2D eigenvalue weighted by Crippen LogP contribution is -2.30. The van der Waals surface area contributed by atoms with Crippen LogP contribution in [0.1, 0.15) is 40.7 Å². The average molecular weight is 268 g/mol. The summed E-state index contributed by atoms with van der Waals surface area (Å²) in [5, 5.41) is 18.7. The maximum absolute atomic E-state index is 12.0. The normalized spacial score (nSPS) is 10.6. The number of aromatic carboxylic acids is 1. The molecular formula is C12H16N2O5. The molecule has 0 aliphatic rings. The minimum absolute atomic E-state index is 0.213. The van der Waals surface area contributed by atoms with Crippen LogP contribution in [0.2, 0.25) is 0 Å². The third-order valence-corrected chi connectivity index (χ3v) is 2.61. The number of amides is 1. The molecule has 0 bridgehead atoms. The maximum Gasteiger partial charge on any atom is 0.341 e. The van der Waals surface area contributed by atoms with Crippen molar-refractivity contribution in [1.82, 2.24) is 9.47 Å². The zero-order valence-electron chi connectivity index (χ0n) is 11.2. The van der Waals surface area contributed by atoms with Crippen molar-refractivity contribution in [2.75, 3.05) is 14.1 Å². The molecule has 1 heterocycles. The van der Waals surface area contributed by atoms with Crippen molar-refractivity contribution in [1.29, 1.82) is 0 Å². The summed E-state index contributed by atoms with van der Waals surface area (Å²) in [5.41, 5.74) is -1.84. The molecule has 0 aromatic carbocycles. The third-order valence-electron chi connectivity index (χ3n) is 2.61. The Balaban J connectivity index is 3.73. The van der Waals surface area contributed by atoms with Gasteiger partial charge in [0.25, 0.3) is 5.91 Å². The van der Waals surface area contributed by atoms with Crippen LogP contribution in [0.25, 0.3) is 0 Å². The standard InChI is InChI=1S/C12H16N2O5/c1-6(2)14-5-7(12(18)19)9(15)10(16)8(14)11(17)13(3)4/h5-6,16H,1-4H3,(H,18,19). The van der Waals surface area contributed by atoms with Gasteiger partial charge < -0.3 is 19.7 Å². The number of hydrogen-bond donors (Lipinski definition) is 2. The lowest BCUT2D eigenvalue weighted by Gasteiger charge is -2.20. The van der Waals surface area contributed by atoms with Gasteiger partial charge in [0.2, 0.25) is 5.43 Å². The first-order valence-electron chi connectivity index (χ1n) is 5.61. The Hall–Kier alpha value is -2.31. The third kappa shape index (κ3) is 2.59. The van der Waals surface area contributed by atoms with E-state index in [1.807, 2.05) is 0 Å². The molecular weight excluding hydrogens is 252 g/mol. The molecule has 0 saturated carbocycles. The summed E-state index contributed by atoms with van der Waals surface area (Å²) in [7, 11) is 2.95. The van der Waals surface area contributed by atoms with Crippen LogP contribution in [0.5, 0.6) is 5.75 Å². The summed E-state index contributed by atoms with van der Waals surface area (Å²) in [6.45, 7) is 3.42. The molecule has 0 fully saturated rings. The fourth-order valence-corrected chi connectivity index (χ4v) is 1.60. The molecule has 1 aromatic rings. The first-order valence-corrected chi connectivity index (χ1v) is 5.61. The van der Waals surface area contributed by atoms with Gasteiger partial charge in [0.1, 0.15) is 5.56 Å². The highest BCUT2D eigenvalue weighted by Crippen LogP contribution is 2.19. The lowest BCUT2D eigenvalue weighted by atomic mass is 10.1. The predicted octanol–water partition coefficient (Wildman–Crippen LogP) is 0.535. The number of carboxylic acids is 1. The van der Waals surface area contributed by atoms with Gasteiger partial charge >= 0.3 is 5.97 Å². The molecule has 2 N–H and O–H groups in total. The van der Waals surface area contributed by atoms with E-state index in [0.29, 0.717) is 0 Å². The van der Waals surface area contributed by atoms with Crippen molar-refractivity contribution in [3.05, 3.63) is 27.7 Å². The maximum atomic E-state index is 12.0. The minimum Gasteiger partial charge on any atom is -0.503 e. The van der Waals surface area contributed by atoms with Crippen LogP contribution in [0.4, 0.5) is 0 Å². The largest absolute Gasteiger partial charge is 0.503 e. The number of carbonyl (C=O) groups excluding carboxylic acids is 1. The lowest BCUT2D eigenvalue weighted by molar-refractivity contribution is 0.0690. The van der Waals surface area contributed by atoms with Gasteiger partial charge in [0, 0.05) is 26.3 Å². The number of carbonyl (C=O) groups is 2. The Morgan fingerprint density at radius 2 is 1.84 bits per heavy atom. The zero-order valence-corrected chi connectivity index (χ0v) is 11.2. The highest BCUT2D eigenvalue weighted by molar-refractivity contribution is 5.96. The first kappa shape index (κ1) is 14.7. The molecule has 0 aliphatic heterocycles. The molecule has 104 valence electrons. The van der Waals surface area contributed by atoms with Crippen LogP contribution >= 0.6 is 0 Å². The topological polar surface area (TPSA) is 99.8 Å². The summed E-state index contributed by atoms with van der Waals surface area (Å²) in [6.07, 6.45) is 1.08. The number of aromatic hydroxyl groups is 1. The van der Waals surface area contributed by atoms with Crippen molar-refractivity contribution in [2.45, 2.75) is 19.9 Å². The quantitative estimate of drug-likeness (QED) is 0.833. The summed E-state index contributed by atoms with van der Waals surface area (Å²) >= 11 is 0. The molecule has 0 unspecified atom stereocenters. The van der Waals surface area contributed by atoms with Crippen molar-refractivity contribution < 1.29 is 19.8 Å². The molecule has 0 spiro atoms. The highest BCUT2D eigenvalue weighted by atomic mass is 16.4. The molecule has 19 heavy (non-hydrogen) atoms. The Kier molecular flexibility index (Phi) is 3.98. The molecule has 0 atom stereocenters. The Morgan fingerprint density at radius 1 is 1.32 bits per heavy atom. The number of nitrogens with zero attached hydrogens (tertiary/aromatic N) is 2. The average Bonchev–Trinajstić information content (AvgIpc) is 2.30. The van der Waals surface area contributed by atoms with Crippen molar-refractivity contribution in [2.24, 2.45) is 0 Å². The Labute approximate surface area is 109 Å². The van der Waals surface area contributed by atoms with E-state index >= 15 is 0 Å². The van der Waals surface area contributed by atoms with Crippen LogP contribution in [-0.4, -0.2) is 45.7 Å². The van der Waals surface area contributed by atoms with Crippen LogP contribution in [0.3, 0.4) is 0 Å². The van der Waals surface area contributed by atoms with Crippen LogP contribution < -0.4 is 5.43 Å². The highest BCUT2D eigenvalue weighted by Gasteiger charge is 2.25. The van der Waals surface area contributed by atoms with E-state index in [2.05, 4.69) is 0 Å². The van der Waals surface area contributed by atoms with Gasteiger partial charge in [-0.15, -0.1) is 0 Å². The second-order valence-corrected chi connectivity index (χ2v) is 4.57. The van der Waals surface area contributed by atoms with E-state index in [-0.39, 0.29) is 11.7 Å². The SMILES string of the molecule is CC(C)n1cc(C(=O)O)c(=O)c(O)c1C(=O)N(C)C. The van der Waals surface area contributed by atoms with Gasteiger partial charge in [0.05, 0.1) is 0 Å². The molecule has 0 aliphatic carbocycles. The van der Waals surface area contributed by atoms with Gasteiger partial charge in [-0.05, 0) is 13.8 Å². The molecule has 7 nitrogen and oxygen atoms in total. The predicted molar refractivity (Wildman–Crippen MR) is 67.7 cm³/mol. The van der Waals surface area contributed by atoms with E-state index < -0.39 is 28.6 Å². The molecule has 1 rings (SSSR count). The van der Waals surface area contributed by atoms with Gasteiger partial charge in [-0.1, -0.05) is 0 Å². The molecule has 7 heteroatoms. The second-order valence-electron chi connectivity index (χ2n) is 4.57. The number of hydrogen-bond acceptors (Lipinski definition) is 4. The fraction of sp³-hybridized carbons (Fsp3) is 0.417. The first-order chi connectivity index (χ1) is 8.68. The Bertz CT molecular complexity index is 587. The van der Waals surface area contributed by atoms with Crippen LogP contribution in [0.15, 0.2) is 11.0 Å². The van der Waals surface area contributed by atoms with Gasteiger partial charge in [-0.3, -0.25) is 9.59 Å². The van der Waals surface area contributed by atoms with Gasteiger partial charge in [-0.25, -0.2) is 4.79 Å². The molecule has 1 aromatic heterocycles. The smallest absolute Gasteiger partial charge is 0.341 e. The Morgan fingerprint density at radius 3 is 2.21 bits per heavy atom. The van der Waals surface area contributed by atoms with E-state index in [9.17, 15) is 19.5 Å². The van der Waals surface area contributed by atoms with Crippen molar-refractivity contribution in [3.63, 3.8) is 0 Å². The number of pyridine rings is 1. The fourth-order valence-electron chi connectivity index (χ4n) is 1.60. The summed E-state index contributed by atoms with van der Waals surface area (Å²) in [5.74, 6) is -2.86. The van der Waals surface area contributed by atoms with Gasteiger partial charge in [0.15, 0.2) is 11.4 Å². The summed E-state index contributed by atoms with van der Waals surface area (Å²) in [6, 6.07) is -0.288. The molecule has 1 amide bonds. The zero-order chi connectivity index (χ0) is 14.9. The van der Waals surface area contributed by atoms with Crippen molar-refractivity contribution >= 4 is 11.9 Å². The van der Waals surface area contributed by atoms with Crippen LogP contribution in [0, 0.1) is 0 Å². The van der Waals surface area contributed by atoms with Crippen molar-refractivity contribution in [3.8, 4) is 5.75 Å². The number of aromatic nitrogens is 1.